The molecule has 0 saturated carbocycles. The van der Waals surface area contributed by atoms with Gasteiger partial charge < -0.3 is 15.2 Å². The largest absolute Gasteiger partial charge is 0.450 e. The summed E-state index contributed by atoms with van der Waals surface area (Å²) in [6.45, 7) is 5.40. The van der Waals surface area contributed by atoms with Gasteiger partial charge in [-0.05, 0) is 18.4 Å². The maximum absolute atomic E-state index is 5.60. The molecule has 0 aromatic carbocycles. The van der Waals surface area contributed by atoms with Crippen molar-refractivity contribution < 1.29 is 9.47 Å². The smallest absolute Gasteiger partial charge is 0.217 e. The molecule has 1 aromatic rings. The molecule has 2 N–H and O–H groups in total. The molecule has 0 bridgehead atoms. The zero-order valence-electron chi connectivity index (χ0n) is 10.7. The Kier molecular flexibility index (Phi) is 6.40. The average Bonchev–Trinajstić information content (AvgIpc) is 2.29. The summed E-state index contributed by atoms with van der Waals surface area (Å²) in [6.07, 6.45) is 5.17. The van der Waals surface area contributed by atoms with Crippen molar-refractivity contribution in [3.8, 4) is 5.88 Å². The van der Waals surface area contributed by atoms with Crippen LogP contribution in [-0.4, -0.2) is 18.4 Å². The average molecular weight is 238 g/mol. The number of ether oxygens (including phenoxy) is 2. The summed E-state index contributed by atoms with van der Waals surface area (Å²) >= 11 is 0. The van der Waals surface area contributed by atoms with Gasteiger partial charge in [-0.2, -0.15) is 0 Å². The van der Waals surface area contributed by atoms with E-state index in [2.05, 4.69) is 18.8 Å². The van der Waals surface area contributed by atoms with E-state index >= 15 is 0 Å². The van der Waals surface area contributed by atoms with Gasteiger partial charge in [0.25, 0.3) is 0 Å². The minimum atomic E-state index is 0.231. The van der Waals surface area contributed by atoms with Crippen LogP contribution in [0.25, 0.3) is 0 Å². The zero-order valence-corrected chi connectivity index (χ0v) is 10.7. The van der Waals surface area contributed by atoms with Crippen LogP contribution in [0.2, 0.25) is 0 Å². The molecule has 17 heavy (non-hydrogen) atoms. The minimum absolute atomic E-state index is 0.231. The standard InChI is InChI=1S/C13H22N2O2/c1-3-4-11(2)6-8-16-10-17-13-9-12(14)5-7-15-13/h5,7,9,11H,3-4,6,8,10H2,1-2H3,(H2,14,15)/t11-/m0/s1. The molecule has 0 aliphatic rings. The fourth-order valence-corrected chi connectivity index (χ4v) is 1.59. The van der Waals surface area contributed by atoms with Crippen LogP contribution >= 0.6 is 0 Å². The Labute approximate surface area is 103 Å². The molecule has 1 rings (SSSR count). The molecule has 0 aliphatic heterocycles. The van der Waals surface area contributed by atoms with Gasteiger partial charge in [0.05, 0.1) is 6.61 Å². The zero-order chi connectivity index (χ0) is 12.5. The van der Waals surface area contributed by atoms with E-state index in [0.29, 0.717) is 17.5 Å². The van der Waals surface area contributed by atoms with Crippen LogP contribution in [-0.2, 0) is 4.74 Å². The lowest BCUT2D eigenvalue weighted by molar-refractivity contribution is 0.00730. The number of pyridine rings is 1. The van der Waals surface area contributed by atoms with E-state index in [0.717, 1.165) is 13.0 Å². The third-order valence-corrected chi connectivity index (χ3v) is 2.59. The number of hydrogen-bond acceptors (Lipinski definition) is 4. The quantitative estimate of drug-likeness (QED) is 0.559. The lowest BCUT2D eigenvalue weighted by atomic mass is 10.0. The monoisotopic (exact) mass is 238 g/mol. The summed E-state index contributed by atoms with van der Waals surface area (Å²) in [5, 5.41) is 0. The Balaban J connectivity index is 2.08. The number of anilines is 1. The molecule has 4 nitrogen and oxygen atoms in total. The molecule has 0 unspecified atom stereocenters. The Morgan fingerprint density at radius 1 is 1.41 bits per heavy atom. The first-order chi connectivity index (χ1) is 8.22. The van der Waals surface area contributed by atoms with Crippen molar-refractivity contribution in [3.63, 3.8) is 0 Å². The molecule has 0 saturated heterocycles. The Morgan fingerprint density at radius 3 is 2.94 bits per heavy atom. The number of nitrogens with zero attached hydrogens (tertiary/aromatic N) is 1. The van der Waals surface area contributed by atoms with E-state index in [4.69, 9.17) is 15.2 Å². The number of nitrogens with two attached hydrogens (primary N) is 1. The lowest BCUT2D eigenvalue weighted by Gasteiger charge is -2.10. The second kappa shape index (κ2) is 7.90. The second-order valence-corrected chi connectivity index (χ2v) is 4.28. The van der Waals surface area contributed by atoms with Gasteiger partial charge in [0.1, 0.15) is 0 Å². The minimum Gasteiger partial charge on any atom is -0.450 e. The van der Waals surface area contributed by atoms with Gasteiger partial charge in [0, 0.05) is 18.0 Å². The van der Waals surface area contributed by atoms with Crippen molar-refractivity contribution in [2.24, 2.45) is 5.92 Å². The fraction of sp³-hybridized carbons (Fsp3) is 0.615. The van der Waals surface area contributed by atoms with Crippen LogP contribution in [0.3, 0.4) is 0 Å². The molecular formula is C13H22N2O2. The normalized spacial score (nSPS) is 12.4. The molecule has 0 fully saturated rings. The van der Waals surface area contributed by atoms with Crippen LogP contribution in [0.1, 0.15) is 33.1 Å². The van der Waals surface area contributed by atoms with E-state index in [-0.39, 0.29) is 6.79 Å². The van der Waals surface area contributed by atoms with Gasteiger partial charge in [-0.1, -0.05) is 26.7 Å². The first-order valence-corrected chi connectivity index (χ1v) is 6.14. The van der Waals surface area contributed by atoms with Gasteiger partial charge in [-0.15, -0.1) is 0 Å². The topological polar surface area (TPSA) is 57.4 Å². The second-order valence-electron chi connectivity index (χ2n) is 4.28. The van der Waals surface area contributed by atoms with Gasteiger partial charge >= 0.3 is 0 Å². The van der Waals surface area contributed by atoms with Crippen LogP contribution in [0.5, 0.6) is 5.88 Å². The molecule has 0 aliphatic carbocycles. The molecule has 1 aromatic heterocycles. The summed E-state index contributed by atoms with van der Waals surface area (Å²) < 4.78 is 10.7. The molecule has 0 spiro atoms. The van der Waals surface area contributed by atoms with Crippen LogP contribution in [0, 0.1) is 5.92 Å². The van der Waals surface area contributed by atoms with Crippen molar-refractivity contribution in [1.82, 2.24) is 4.98 Å². The van der Waals surface area contributed by atoms with Crippen molar-refractivity contribution in [2.75, 3.05) is 19.1 Å². The van der Waals surface area contributed by atoms with Crippen LogP contribution in [0.15, 0.2) is 18.3 Å². The number of nitrogen functional groups attached to an aromatic ring is 1. The van der Waals surface area contributed by atoms with Gasteiger partial charge in [-0.3, -0.25) is 0 Å². The maximum Gasteiger partial charge on any atom is 0.217 e. The van der Waals surface area contributed by atoms with Crippen molar-refractivity contribution in [3.05, 3.63) is 18.3 Å². The highest BCUT2D eigenvalue weighted by atomic mass is 16.7. The van der Waals surface area contributed by atoms with Gasteiger partial charge in [-0.25, -0.2) is 4.98 Å². The molecule has 4 heteroatoms. The lowest BCUT2D eigenvalue weighted by Crippen LogP contribution is -2.07. The highest BCUT2D eigenvalue weighted by Crippen LogP contribution is 2.11. The SMILES string of the molecule is CCC[C@H](C)CCOCOc1cc(N)ccn1. The summed E-state index contributed by atoms with van der Waals surface area (Å²) in [6, 6.07) is 3.41. The van der Waals surface area contributed by atoms with Crippen molar-refractivity contribution >= 4 is 5.69 Å². The predicted octanol–water partition coefficient (Wildman–Crippen LogP) is 2.84. The Morgan fingerprint density at radius 2 is 2.24 bits per heavy atom. The summed E-state index contributed by atoms with van der Waals surface area (Å²) in [7, 11) is 0. The Bertz CT molecular complexity index is 318. The summed E-state index contributed by atoms with van der Waals surface area (Å²) in [4.78, 5) is 4.02. The van der Waals surface area contributed by atoms with Crippen LogP contribution < -0.4 is 10.5 Å². The number of rotatable bonds is 8. The van der Waals surface area contributed by atoms with Gasteiger partial charge in [0.15, 0.2) is 6.79 Å². The molecule has 1 heterocycles. The molecule has 0 radical (unpaired) electrons. The van der Waals surface area contributed by atoms with E-state index < -0.39 is 0 Å². The molecule has 0 amide bonds. The Hall–Kier alpha value is -1.29. The third-order valence-electron chi connectivity index (χ3n) is 2.59. The van der Waals surface area contributed by atoms with Gasteiger partial charge in [0.2, 0.25) is 5.88 Å². The van der Waals surface area contributed by atoms with Crippen LogP contribution in [0.4, 0.5) is 5.69 Å². The van der Waals surface area contributed by atoms with Crippen molar-refractivity contribution in [2.45, 2.75) is 33.1 Å². The highest BCUT2D eigenvalue weighted by molar-refractivity contribution is 5.39. The molecule has 1 atom stereocenters. The summed E-state index contributed by atoms with van der Waals surface area (Å²) in [5.74, 6) is 1.22. The first-order valence-electron chi connectivity index (χ1n) is 6.14. The highest BCUT2D eigenvalue weighted by Gasteiger charge is 2.00. The fourth-order valence-electron chi connectivity index (χ4n) is 1.59. The van der Waals surface area contributed by atoms with E-state index in [1.165, 1.54) is 12.8 Å². The predicted molar refractivity (Wildman–Crippen MR) is 68.8 cm³/mol. The van der Waals surface area contributed by atoms with E-state index in [1.807, 2.05) is 0 Å². The van der Waals surface area contributed by atoms with E-state index in [1.54, 1.807) is 18.3 Å². The maximum atomic E-state index is 5.60. The molecule has 96 valence electrons. The van der Waals surface area contributed by atoms with Crippen molar-refractivity contribution in [1.29, 1.82) is 0 Å². The first kappa shape index (κ1) is 13.8. The van der Waals surface area contributed by atoms with E-state index in [9.17, 15) is 0 Å². The third kappa shape index (κ3) is 6.12. The summed E-state index contributed by atoms with van der Waals surface area (Å²) in [5.41, 5.74) is 6.25. The number of aromatic nitrogens is 1. The number of hydrogen-bond donors (Lipinski definition) is 1. The molecular weight excluding hydrogens is 216 g/mol.